The number of carbonyl (C=O) groups is 2. The predicted octanol–water partition coefficient (Wildman–Crippen LogP) is 5.22. The largest absolute Gasteiger partial charge is 0.324 e. The van der Waals surface area contributed by atoms with Gasteiger partial charge < -0.3 is 5.32 Å². The molecule has 3 aromatic rings. The fourth-order valence-electron chi connectivity index (χ4n) is 5.29. The highest BCUT2D eigenvalue weighted by Gasteiger charge is 2.63. The molecule has 1 amide bonds. The van der Waals surface area contributed by atoms with Gasteiger partial charge in [0, 0.05) is 28.2 Å². The van der Waals surface area contributed by atoms with Gasteiger partial charge >= 0.3 is 0 Å². The third-order valence-corrected chi connectivity index (χ3v) is 7.18. The first-order valence-corrected chi connectivity index (χ1v) is 11.5. The molecule has 4 nitrogen and oxygen atoms in total. The lowest BCUT2D eigenvalue weighted by molar-refractivity contribution is -0.133. The minimum atomic E-state index is -1.06. The molecule has 0 radical (unpaired) electrons. The maximum Gasteiger partial charge on any atom is 0.250 e. The van der Waals surface area contributed by atoms with Crippen molar-refractivity contribution in [3.8, 4) is 0 Å². The second kappa shape index (κ2) is 8.15. The number of ketones is 1. The van der Waals surface area contributed by atoms with Crippen LogP contribution in [-0.2, 0) is 15.1 Å². The van der Waals surface area contributed by atoms with E-state index in [2.05, 4.69) is 26.1 Å². The summed E-state index contributed by atoms with van der Waals surface area (Å²) in [6, 6.07) is 25.6. The monoisotopic (exact) mass is 486 g/mol. The number of likely N-dealkylation sites (tertiary alicyclic amines) is 1. The molecule has 0 bridgehead atoms. The van der Waals surface area contributed by atoms with E-state index in [1.807, 2.05) is 92.0 Å². The highest BCUT2D eigenvalue weighted by atomic mass is 79.9. The summed E-state index contributed by atoms with van der Waals surface area (Å²) in [6.45, 7) is 0.610. The lowest BCUT2D eigenvalue weighted by atomic mass is 9.71. The number of anilines is 1. The van der Waals surface area contributed by atoms with Crippen LogP contribution in [0.1, 0.15) is 22.6 Å². The van der Waals surface area contributed by atoms with Crippen LogP contribution in [-0.4, -0.2) is 30.2 Å². The minimum Gasteiger partial charge on any atom is -0.324 e. The first-order chi connectivity index (χ1) is 15.5. The van der Waals surface area contributed by atoms with Gasteiger partial charge in [0.1, 0.15) is 5.54 Å². The van der Waals surface area contributed by atoms with Gasteiger partial charge in [0.25, 0.3) is 0 Å². The zero-order valence-electron chi connectivity index (χ0n) is 17.7. The van der Waals surface area contributed by atoms with Crippen molar-refractivity contribution < 1.29 is 9.59 Å². The average molecular weight is 487 g/mol. The summed E-state index contributed by atoms with van der Waals surface area (Å²) in [6.07, 6.45) is 3.48. The molecule has 1 spiro atoms. The van der Waals surface area contributed by atoms with Gasteiger partial charge in [-0.05, 0) is 42.4 Å². The van der Waals surface area contributed by atoms with Crippen molar-refractivity contribution in [1.29, 1.82) is 0 Å². The van der Waals surface area contributed by atoms with Crippen molar-refractivity contribution in [2.45, 2.75) is 11.5 Å². The molecule has 1 N–H and O–H groups in total. The number of carbonyl (C=O) groups excluding carboxylic acids is 2. The zero-order valence-corrected chi connectivity index (χ0v) is 19.2. The number of fused-ring (bicyclic) bond motifs is 2. The molecule has 2 aliphatic heterocycles. The average Bonchev–Trinajstić information content (AvgIpc) is 3.28. The van der Waals surface area contributed by atoms with E-state index in [-0.39, 0.29) is 17.6 Å². The highest BCUT2D eigenvalue weighted by Crippen LogP contribution is 2.55. The number of benzene rings is 3. The molecular formula is C27H23BrN2O2. The van der Waals surface area contributed by atoms with Gasteiger partial charge in [-0.2, -0.15) is 0 Å². The Balaban J connectivity index is 1.66. The zero-order chi connectivity index (χ0) is 22.3. The molecule has 5 heteroatoms. The molecule has 2 heterocycles. The molecule has 2 aliphatic rings. The molecule has 160 valence electrons. The SMILES string of the molecule is CN1CC(c2ccccc2)C(C(=O)C=Cc2ccccc2)C12C(=O)Nc1ccc(Br)cc12. The van der Waals surface area contributed by atoms with Crippen LogP contribution in [0.15, 0.2) is 89.4 Å². The Labute approximate surface area is 196 Å². The van der Waals surface area contributed by atoms with Crippen LogP contribution in [0.5, 0.6) is 0 Å². The normalized spacial score (nSPS) is 24.8. The van der Waals surface area contributed by atoms with Gasteiger partial charge in [-0.15, -0.1) is 0 Å². The van der Waals surface area contributed by atoms with Crippen LogP contribution in [0.4, 0.5) is 5.69 Å². The van der Waals surface area contributed by atoms with E-state index in [9.17, 15) is 9.59 Å². The summed E-state index contributed by atoms with van der Waals surface area (Å²) in [4.78, 5) is 29.5. The Morgan fingerprint density at radius 1 is 1.06 bits per heavy atom. The molecule has 1 fully saturated rings. The molecule has 0 saturated carbocycles. The number of hydrogen-bond acceptors (Lipinski definition) is 3. The second-order valence-electron chi connectivity index (χ2n) is 8.43. The number of halogens is 1. The van der Waals surface area contributed by atoms with Crippen LogP contribution in [0.25, 0.3) is 6.08 Å². The highest BCUT2D eigenvalue weighted by molar-refractivity contribution is 9.10. The molecule has 0 aliphatic carbocycles. The standard InChI is InChI=1S/C27H23BrN2O2/c1-30-17-21(19-10-6-3-7-11-19)25(24(31)15-12-18-8-4-2-5-9-18)27(30)22-16-20(28)13-14-23(22)29-26(27)32/h2-16,21,25H,17H2,1H3,(H,29,32). The van der Waals surface area contributed by atoms with Crippen molar-refractivity contribution in [2.75, 3.05) is 18.9 Å². The lowest BCUT2D eigenvalue weighted by Crippen LogP contribution is -2.51. The van der Waals surface area contributed by atoms with Gasteiger partial charge in [-0.1, -0.05) is 82.7 Å². The number of likely N-dealkylation sites (N-methyl/N-ethyl adjacent to an activating group) is 1. The molecular weight excluding hydrogens is 464 g/mol. The Bertz CT molecular complexity index is 1210. The summed E-state index contributed by atoms with van der Waals surface area (Å²) >= 11 is 3.56. The number of nitrogens with zero attached hydrogens (tertiary/aromatic N) is 1. The first-order valence-electron chi connectivity index (χ1n) is 10.7. The lowest BCUT2D eigenvalue weighted by Gasteiger charge is -2.35. The topological polar surface area (TPSA) is 49.4 Å². The van der Waals surface area contributed by atoms with Crippen molar-refractivity contribution >= 4 is 39.4 Å². The maximum atomic E-state index is 13.8. The Morgan fingerprint density at radius 3 is 2.47 bits per heavy atom. The number of nitrogens with one attached hydrogen (secondary N) is 1. The molecule has 3 aromatic carbocycles. The van der Waals surface area contributed by atoms with Gasteiger partial charge in [0.15, 0.2) is 5.78 Å². The third-order valence-electron chi connectivity index (χ3n) is 6.69. The summed E-state index contributed by atoms with van der Waals surface area (Å²) in [5.74, 6) is -0.844. The quantitative estimate of drug-likeness (QED) is 0.514. The van der Waals surface area contributed by atoms with Crippen molar-refractivity contribution in [1.82, 2.24) is 4.90 Å². The van der Waals surface area contributed by atoms with Gasteiger partial charge in [-0.3, -0.25) is 14.5 Å². The van der Waals surface area contributed by atoms with Crippen LogP contribution in [0.2, 0.25) is 0 Å². The van der Waals surface area contributed by atoms with E-state index in [1.165, 1.54) is 0 Å². The molecule has 5 rings (SSSR count). The Morgan fingerprint density at radius 2 is 1.75 bits per heavy atom. The van der Waals surface area contributed by atoms with E-state index in [1.54, 1.807) is 6.08 Å². The summed E-state index contributed by atoms with van der Waals surface area (Å²) in [7, 11) is 1.94. The van der Waals surface area contributed by atoms with Crippen LogP contribution in [0, 0.1) is 5.92 Å². The van der Waals surface area contributed by atoms with Gasteiger partial charge in [-0.25, -0.2) is 0 Å². The molecule has 1 saturated heterocycles. The van der Waals surface area contributed by atoms with E-state index in [0.29, 0.717) is 6.54 Å². The van der Waals surface area contributed by atoms with Crippen LogP contribution >= 0.6 is 15.9 Å². The van der Waals surface area contributed by atoms with Crippen LogP contribution in [0.3, 0.4) is 0 Å². The summed E-state index contributed by atoms with van der Waals surface area (Å²) in [5, 5.41) is 3.04. The molecule has 3 unspecified atom stereocenters. The predicted molar refractivity (Wildman–Crippen MR) is 130 cm³/mol. The van der Waals surface area contributed by atoms with Crippen molar-refractivity contribution in [3.05, 3.63) is 106 Å². The first kappa shape index (κ1) is 20.9. The van der Waals surface area contributed by atoms with E-state index in [4.69, 9.17) is 0 Å². The summed E-state index contributed by atoms with van der Waals surface area (Å²) in [5.41, 5.74) is 2.58. The fourth-order valence-corrected chi connectivity index (χ4v) is 5.65. The Kier molecular flexibility index (Phi) is 5.31. The maximum absolute atomic E-state index is 13.8. The number of rotatable bonds is 4. The molecule has 3 atom stereocenters. The van der Waals surface area contributed by atoms with E-state index in [0.717, 1.165) is 26.9 Å². The molecule has 32 heavy (non-hydrogen) atoms. The second-order valence-corrected chi connectivity index (χ2v) is 9.35. The number of allylic oxidation sites excluding steroid dienone is 1. The van der Waals surface area contributed by atoms with Crippen molar-refractivity contribution in [3.63, 3.8) is 0 Å². The minimum absolute atomic E-state index is 0.0463. The Hall–Kier alpha value is -3.02. The number of hydrogen-bond donors (Lipinski definition) is 1. The third kappa shape index (κ3) is 3.24. The van der Waals surface area contributed by atoms with Gasteiger partial charge in [0.2, 0.25) is 5.91 Å². The summed E-state index contributed by atoms with van der Waals surface area (Å²) < 4.78 is 0.884. The van der Waals surface area contributed by atoms with Gasteiger partial charge in [0.05, 0.1) is 5.92 Å². The number of amides is 1. The molecule has 0 aromatic heterocycles. The fraction of sp³-hybridized carbons (Fsp3) is 0.185. The van der Waals surface area contributed by atoms with E-state index >= 15 is 0 Å². The van der Waals surface area contributed by atoms with Crippen molar-refractivity contribution in [2.24, 2.45) is 5.92 Å². The van der Waals surface area contributed by atoms with Crippen LogP contribution < -0.4 is 5.32 Å². The smallest absolute Gasteiger partial charge is 0.250 e. The van der Waals surface area contributed by atoms with E-state index < -0.39 is 11.5 Å².